The zero-order chi connectivity index (χ0) is 12.3. The van der Waals surface area contributed by atoms with Crippen molar-refractivity contribution in [2.75, 3.05) is 20.1 Å². The molecule has 0 saturated carbocycles. The SMILES string of the molecule is CCc1nn(C)cc1CNC1CCCN(C)C1. The summed E-state index contributed by atoms with van der Waals surface area (Å²) in [6.07, 6.45) is 5.76. The normalized spacial score (nSPS) is 21.9. The van der Waals surface area contributed by atoms with Gasteiger partial charge in [0, 0.05) is 37.9 Å². The van der Waals surface area contributed by atoms with E-state index in [0.717, 1.165) is 13.0 Å². The van der Waals surface area contributed by atoms with E-state index in [1.165, 1.54) is 37.2 Å². The predicted octanol–water partition coefficient (Wildman–Crippen LogP) is 1.17. The molecule has 1 aliphatic heterocycles. The summed E-state index contributed by atoms with van der Waals surface area (Å²) in [6, 6.07) is 0.638. The summed E-state index contributed by atoms with van der Waals surface area (Å²) in [4.78, 5) is 2.41. The highest BCUT2D eigenvalue weighted by molar-refractivity contribution is 5.16. The largest absolute Gasteiger partial charge is 0.309 e. The van der Waals surface area contributed by atoms with Crippen LogP contribution in [-0.2, 0) is 20.0 Å². The van der Waals surface area contributed by atoms with E-state index in [2.05, 4.69) is 35.5 Å². The second-order valence-corrected chi connectivity index (χ2v) is 5.11. The number of aromatic nitrogens is 2. The quantitative estimate of drug-likeness (QED) is 0.852. The van der Waals surface area contributed by atoms with E-state index in [4.69, 9.17) is 0 Å². The lowest BCUT2D eigenvalue weighted by atomic mass is 10.1. The van der Waals surface area contributed by atoms with E-state index in [-0.39, 0.29) is 0 Å². The van der Waals surface area contributed by atoms with Gasteiger partial charge in [-0.15, -0.1) is 0 Å². The van der Waals surface area contributed by atoms with Gasteiger partial charge < -0.3 is 10.2 Å². The van der Waals surface area contributed by atoms with E-state index in [9.17, 15) is 0 Å². The van der Waals surface area contributed by atoms with Gasteiger partial charge in [-0.3, -0.25) is 4.68 Å². The third kappa shape index (κ3) is 3.30. The Morgan fingerprint density at radius 1 is 1.47 bits per heavy atom. The van der Waals surface area contributed by atoms with E-state index in [1.807, 2.05) is 11.7 Å². The third-order valence-corrected chi connectivity index (χ3v) is 3.53. The number of hydrogen-bond donors (Lipinski definition) is 1. The third-order valence-electron chi connectivity index (χ3n) is 3.53. The highest BCUT2D eigenvalue weighted by Crippen LogP contribution is 2.11. The van der Waals surface area contributed by atoms with Gasteiger partial charge in [-0.2, -0.15) is 5.10 Å². The van der Waals surface area contributed by atoms with Crippen molar-refractivity contribution in [2.45, 2.75) is 38.8 Å². The number of nitrogens with zero attached hydrogens (tertiary/aromatic N) is 3. The Morgan fingerprint density at radius 2 is 2.29 bits per heavy atom. The van der Waals surface area contributed by atoms with Crippen LogP contribution < -0.4 is 5.32 Å². The molecule has 1 aromatic heterocycles. The Labute approximate surface area is 104 Å². The Balaban J connectivity index is 1.88. The summed E-state index contributed by atoms with van der Waals surface area (Å²) in [5.41, 5.74) is 2.58. The molecule has 0 spiro atoms. The van der Waals surface area contributed by atoms with E-state index >= 15 is 0 Å². The van der Waals surface area contributed by atoms with Gasteiger partial charge in [-0.05, 0) is 32.9 Å². The molecule has 0 aromatic carbocycles. The fourth-order valence-corrected chi connectivity index (χ4v) is 2.62. The smallest absolute Gasteiger partial charge is 0.0666 e. The van der Waals surface area contributed by atoms with E-state index in [0.29, 0.717) is 6.04 Å². The Kier molecular flexibility index (Phi) is 4.18. The Morgan fingerprint density at radius 3 is 3.00 bits per heavy atom. The Hall–Kier alpha value is -0.870. The van der Waals surface area contributed by atoms with Crippen molar-refractivity contribution in [1.29, 1.82) is 0 Å². The van der Waals surface area contributed by atoms with Crippen molar-refractivity contribution in [3.05, 3.63) is 17.5 Å². The highest BCUT2D eigenvalue weighted by Gasteiger charge is 2.17. The van der Waals surface area contributed by atoms with Crippen LogP contribution in [0.15, 0.2) is 6.20 Å². The first kappa shape index (κ1) is 12.6. The summed E-state index contributed by atoms with van der Waals surface area (Å²) in [6.45, 7) is 5.53. The topological polar surface area (TPSA) is 33.1 Å². The van der Waals surface area contributed by atoms with Crippen LogP contribution in [0.5, 0.6) is 0 Å². The number of likely N-dealkylation sites (tertiary alicyclic amines) is 1. The molecule has 2 heterocycles. The summed E-state index contributed by atoms with van der Waals surface area (Å²) < 4.78 is 1.92. The molecule has 4 nitrogen and oxygen atoms in total. The van der Waals surface area contributed by atoms with Crippen LogP contribution in [0.1, 0.15) is 31.0 Å². The average Bonchev–Trinajstić information content (AvgIpc) is 2.67. The fourth-order valence-electron chi connectivity index (χ4n) is 2.62. The molecular weight excluding hydrogens is 212 g/mol. The fraction of sp³-hybridized carbons (Fsp3) is 0.769. The molecule has 1 aromatic rings. The van der Waals surface area contributed by atoms with Crippen molar-refractivity contribution in [3.8, 4) is 0 Å². The molecule has 0 aliphatic carbocycles. The van der Waals surface area contributed by atoms with Crippen molar-refractivity contribution in [3.63, 3.8) is 0 Å². The summed E-state index contributed by atoms with van der Waals surface area (Å²) in [7, 11) is 4.20. The maximum absolute atomic E-state index is 4.47. The second kappa shape index (κ2) is 5.65. The lowest BCUT2D eigenvalue weighted by molar-refractivity contribution is 0.226. The molecule has 1 fully saturated rings. The lowest BCUT2D eigenvalue weighted by Gasteiger charge is -2.30. The minimum atomic E-state index is 0.638. The molecule has 1 aliphatic rings. The zero-order valence-corrected chi connectivity index (χ0v) is 11.2. The van der Waals surface area contributed by atoms with Crippen molar-refractivity contribution in [2.24, 2.45) is 7.05 Å². The van der Waals surface area contributed by atoms with Gasteiger partial charge in [-0.25, -0.2) is 0 Å². The standard InChI is InChI=1S/C13H24N4/c1-4-13-11(9-17(3)15-13)8-14-12-6-5-7-16(2)10-12/h9,12,14H,4-8,10H2,1-3H3. The second-order valence-electron chi connectivity index (χ2n) is 5.11. The molecule has 1 unspecified atom stereocenters. The van der Waals surface area contributed by atoms with Crippen molar-refractivity contribution >= 4 is 0 Å². The summed E-state index contributed by atoms with van der Waals surface area (Å²) >= 11 is 0. The van der Waals surface area contributed by atoms with Crippen LogP contribution in [0.2, 0.25) is 0 Å². The van der Waals surface area contributed by atoms with Gasteiger partial charge in [0.15, 0.2) is 0 Å². The van der Waals surface area contributed by atoms with E-state index < -0.39 is 0 Å². The zero-order valence-electron chi connectivity index (χ0n) is 11.2. The first-order chi connectivity index (χ1) is 8.19. The molecular formula is C13H24N4. The van der Waals surface area contributed by atoms with Crippen LogP contribution in [-0.4, -0.2) is 40.9 Å². The molecule has 96 valence electrons. The minimum absolute atomic E-state index is 0.638. The first-order valence-electron chi connectivity index (χ1n) is 6.62. The number of aryl methyl sites for hydroxylation is 2. The monoisotopic (exact) mass is 236 g/mol. The average molecular weight is 236 g/mol. The van der Waals surface area contributed by atoms with Crippen molar-refractivity contribution in [1.82, 2.24) is 20.0 Å². The maximum Gasteiger partial charge on any atom is 0.0666 e. The number of piperidine rings is 1. The van der Waals surface area contributed by atoms with Crippen LogP contribution >= 0.6 is 0 Å². The minimum Gasteiger partial charge on any atom is -0.309 e. The number of rotatable bonds is 4. The predicted molar refractivity (Wildman–Crippen MR) is 69.9 cm³/mol. The first-order valence-corrected chi connectivity index (χ1v) is 6.62. The van der Waals surface area contributed by atoms with Gasteiger partial charge in [0.2, 0.25) is 0 Å². The van der Waals surface area contributed by atoms with Crippen LogP contribution in [0.3, 0.4) is 0 Å². The maximum atomic E-state index is 4.47. The molecule has 0 amide bonds. The van der Waals surface area contributed by atoms with Gasteiger partial charge in [0.1, 0.15) is 0 Å². The number of likely N-dealkylation sites (N-methyl/N-ethyl adjacent to an activating group) is 1. The molecule has 1 saturated heterocycles. The molecule has 0 radical (unpaired) electrons. The summed E-state index contributed by atoms with van der Waals surface area (Å²) in [5.74, 6) is 0. The van der Waals surface area contributed by atoms with Crippen LogP contribution in [0.4, 0.5) is 0 Å². The van der Waals surface area contributed by atoms with Gasteiger partial charge in [-0.1, -0.05) is 6.92 Å². The number of nitrogens with one attached hydrogen (secondary N) is 1. The molecule has 17 heavy (non-hydrogen) atoms. The van der Waals surface area contributed by atoms with Crippen LogP contribution in [0.25, 0.3) is 0 Å². The van der Waals surface area contributed by atoms with Crippen LogP contribution in [0, 0.1) is 0 Å². The molecule has 2 rings (SSSR count). The Bertz CT molecular complexity index is 358. The number of hydrogen-bond acceptors (Lipinski definition) is 3. The van der Waals surface area contributed by atoms with Gasteiger partial charge >= 0.3 is 0 Å². The molecule has 0 bridgehead atoms. The highest BCUT2D eigenvalue weighted by atomic mass is 15.3. The van der Waals surface area contributed by atoms with E-state index in [1.54, 1.807) is 0 Å². The summed E-state index contributed by atoms with van der Waals surface area (Å²) in [5, 5.41) is 8.14. The molecule has 1 N–H and O–H groups in total. The van der Waals surface area contributed by atoms with Crippen molar-refractivity contribution < 1.29 is 0 Å². The van der Waals surface area contributed by atoms with Gasteiger partial charge in [0.25, 0.3) is 0 Å². The molecule has 1 atom stereocenters. The molecule has 4 heteroatoms. The lowest BCUT2D eigenvalue weighted by Crippen LogP contribution is -2.43. The van der Waals surface area contributed by atoms with Gasteiger partial charge in [0.05, 0.1) is 5.69 Å².